The van der Waals surface area contributed by atoms with Crippen LogP contribution in [-0.2, 0) is 14.4 Å². The molecule has 2 rings (SSSR count). The number of hydrogen-bond donors (Lipinski definition) is 1. The lowest BCUT2D eigenvalue weighted by Gasteiger charge is -2.36. The highest BCUT2D eigenvalue weighted by molar-refractivity contribution is 5.95. The largest absolute Gasteiger partial charge is 0.326 e. The van der Waals surface area contributed by atoms with E-state index in [9.17, 15) is 14.4 Å². The Labute approximate surface area is 212 Å². The van der Waals surface area contributed by atoms with Crippen LogP contribution in [0.5, 0.6) is 0 Å². The summed E-state index contributed by atoms with van der Waals surface area (Å²) in [4.78, 5) is 40.5. The summed E-state index contributed by atoms with van der Waals surface area (Å²) in [5.41, 5.74) is 1.99. The Kier molecular flexibility index (Phi) is 9.18. The molecule has 0 radical (unpaired) electrons. The Balaban J connectivity index is 2.34. The number of benzene rings is 1. The zero-order valence-electron chi connectivity index (χ0n) is 23.4. The predicted molar refractivity (Wildman–Crippen MR) is 146 cm³/mol. The molecule has 1 aliphatic rings. The van der Waals surface area contributed by atoms with Crippen LogP contribution in [0.3, 0.4) is 0 Å². The van der Waals surface area contributed by atoms with E-state index in [1.54, 1.807) is 9.80 Å². The van der Waals surface area contributed by atoms with Crippen molar-refractivity contribution in [3.63, 3.8) is 0 Å². The number of hydrogen-bond acceptors (Lipinski definition) is 3. The summed E-state index contributed by atoms with van der Waals surface area (Å²) in [6, 6.07) is 5.52. The SMILES string of the molecule is CC(C)(C)CN(C=O)c1cc(NC(=O)[C@H]2CC[C@H](C(C)(C)C)CC2)cc(N(C=O)CC(C)(C)C)c1. The molecule has 6 heteroatoms. The fraction of sp³-hybridized carbons (Fsp3) is 0.690. The summed E-state index contributed by atoms with van der Waals surface area (Å²) in [7, 11) is 0. The van der Waals surface area contributed by atoms with Crippen molar-refractivity contribution in [1.82, 2.24) is 0 Å². The first-order chi connectivity index (χ1) is 16.0. The van der Waals surface area contributed by atoms with Crippen LogP contribution < -0.4 is 15.1 Å². The summed E-state index contributed by atoms with van der Waals surface area (Å²) in [6.07, 6.45) is 5.52. The third-order valence-corrected chi connectivity index (χ3v) is 6.70. The highest BCUT2D eigenvalue weighted by Crippen LogP contribution is 2.40. The van der Waals surface area contributed by atoms with Crippen molar-refractivity contribution in [3.05, 3.63) is 18.2 Å². The van der Waals surface area contributed by atoms with E-state index in [0.717, 1.165) is 38.5 Å². The van der Waals surface area contributed by atoms with Gasteiger partial charge in [-0.25, -0.2) is 0 Å². The van der Waals surface area contributed by atoms with Crippen LogP contribution in [-0.4, -0.2) is 31.8 Å². The molecular formula is C29H47N3O3. The molecule has 0 bridgehead atoms. The fourth-order valence-corrected chi connectivity index (χ4v) is 4.87. The Bertz CT molecular complexity index is 836. The summed E-state index contributed by atoms with van der Waals surface area (Å²) in [5.74, 6) is 0.634. The Hall–Kier alpha value is -2.37. The molecular weight excluding hydrogens is 438 g/mol. The standard InChI is InChI=1S/C29H47N3O3/c1-27(2,3)17-31(19-33)24-14-23(15-25(16-24)32(20-34)18-28(4,5)6)30-26(35)21-10-12-22(13-11-21)29(7,8)9/h14-16,19-22H,10-13,17-18H2,1-9H3,(H,30,35)/t21-,22-. The number of carbonyl (C=O) groups is 3. The number of anilines is 3. The van der Waals surface area contributed by atoms with Gasteiger partial charge in [0.15, 0.2) is 0 Å². The average molecular weight is 486 g/mol. The van der Waals surface area contributed by atoms with E-state index >= 15 is 0 Å². The minimum Gasteiger partial charge on any atom is -0.326 e. The molecule has 1 N–H and O–H groups in total. The number of nitrogens with one attached hydrogen (secondary N) is 1. The zero-order valence-corrected chi connectivity index (χ0v) is 23.4. The van der Waals surface area contributed by atoms with Gasteiger partial charge in [0.05, 0.1) is 0 Å². The van der Waals surface area contributed by atoms with Crippen molar-refractivity contribution < 1.29 is 14.4 Å². The first-order valence-corrected chi connectivity index (χ1v) is 12.9. The quantitative estimate of drug-likeness (QED) is 0.428. The van der Waals surface area contributed by atoms with Crippen LogP contribution in [0.4, 0.5) is 17.1 Å². The van der Waals surface area contributed by atoms with Gasteiger partial charge in [0.1, 0.15) is 0 Å². The molecule has 0 unspecified atom stereocenters. The van der Waals surface area contributed by atoms with Crippen LogP contribution in [0.2, 0.25) is 0 Å². The molecule has 0 aromatic heterocycles. The number of nitrogens with zero attached hydrogens (tertiary/aromatic N) is 2. The van der Waals surface area contributed by atoms with Crippen molar-refractivity contribution in [2.24, 2.45) is 28.1 Å². The van der Waals surface area contributed by atoms with E-state index in [0.29, 0.717) is 36.1 Å². The van der Waals surface area contributed by atoms with Crippen molar-refractivity contribution >= 4 is 35.8 Å². The second kappa shape index (κ2) is 11.1. The molecule has 35 heavy (non-hydrogen) atoms. The van der Waals surface area contributed by atoms with Crippen molar-refractivity contribution in [1.29, 1.82) is 0 Å². The monoisotopic (exact) mass is 485 g/mol. The highest BCUT2D eigenvalue weighted by Gasteiger charge is 2.32. The maximum atomic E-state index is 13.2. The maximum absolute atomic E-state index is 13.2. The van der Waals surface area contributed by atoms with Gasteiger partial charge >= 0.3 is 0 Å². The summed E-state index contributed by atoms with van der Waals surface area (Å²) >= 11 is 0. The molecule has 1 aliphatic carbocycles. The lowest BCUT2D eigenvalue weighted by Crippen LogP contribution is -2.34. The molecule has 0 saturated heterocycles. The van der Waals surface area contributed by atoms with Gasteiger partial charge in [-0.2, -0.15) is 0 Å². The summed E-state index contributed by atoms with van der Waals surface area (Å²) < 4.78 is 0. The molecule has 196 valence electrons. The molecule has 0 heterocycles. The van der Waals surface area contributed by atoms with E-state index in [1.165, 1.54) is 0 Å². The second-order valence-electron chi connectivity index (χ2n) is 13.7. The topological polar surface area (TPSA) is 69.7 Å². The third kappa shape index (κ3) is 8.97. The van der Waals surface area contributed by atoms with Crippen molar-refractivity contribution in [3.8, 4) is 0 Å². The van der Waals surface area contributed by atoms with Gasteiger partial charge in [0.2, 0.25) is 18.7 Å². The number of rotatable bonds is 8. The minimum absolute atomic E-state index is 0.0161. The van der Waals surface area contributed by atoms with Crippen LogP contribution in [0.1, 0.15) is 88.0 Å². The lowest BCUT2D eigenvalue weighted by atomic mass is 9.69. The van der Waals surface area contributed by atoms with Crippen LogP contribution in [0.25, 0.3) is 0 Å². The molecule has 1 saturated carbocycles. The molecule has 1 aromatic carbocycles. The Morgan fingerprint density at radius 1 is 0.800 bits per heavy atom. The van der Waals surface area contributed by atoms with E-state index < -0.39 is 0 Å². The molecule has 1 fully saturated rings. The normalized spacial score (nSPS) is 19.1. The van der Waals surface area contributed by atoms with Gasteiger partial charge in [-0.15, -0.1) is 0 Å². The first kappa shape index (κ1) is 28.9. The van der Waals surface area contributed by atoms with Gasteiger partial charge < -0.3 is 15.1 Å². The number of amides is 3. The third-order valence-electron chi connectivity index (χ3n) is 6.70. The minimum atomic E-state index is -0.109. The lowest BCUT2D eigenvalue weighted by molar-refractivity contribution is -0.121. The maximum Gasteiger partial charge on any atom is 0.227 e. The first-order valence-electron chi connectivity index (χ1n) is 12.9. The van der Waals surface area contributed by atoms with Crippen LogP contribution in [0, 0.1) is 28.1 Å². The summed E-state index contributed by atoms with van der Waals surface area (Å²) in [6.45, 7) is 20.3. The van der Waals surface area contributed by atoms with E-state index in [2.05, 4.69) is 67.6 Å². The molecule has 0 aliphatic heterocycles. The van der Waals surface area contributed by atoms with Gasteiger partial charge in [0, 0.05) is 36.1 Å². The predicted octanol–water partition coefficient (Wildman–Crippen LogP) is 6.50. The second-order valence-corrected chi connectivity index (χ2v) is 13.7. The van der Waals surface area contributed by atoms with Gasteiger partial charge in [0.25, 0.3) is 0 Å². The van der Waals surface area contributed by atoms with E-state index in [4.69, 9.17) is 0 Å². The molecule has 1 aromatic rings. The van der Waals surface area contributed by atoms with Crippen molar-refractivity contribution in [2.45, 2.75) is 88.0 Å². The Morgan fingerprint density at radius 2 is 1.23 bits per heavy atom. The zero-order chi connectivity index (χ0) is 26.6. The van der Waals surface area contributed by atoms with Crippen molar-refractivity contribution in [2.75, 3.05) is 28.2 Å². The smallest absolute Gasteiger partial charge is 0.227 e. The van der Waals surface area contributed by atoms with Crippen LogP contribution in [0.15, 0.2) is 18.2 Å². The van der Waals surface area contributed by atoms with E-state index in [-0.39, 0.29) is 28.1 Å². The van der Waals surface area contributed by atoms with E-state index in [1.807, 2.05) is 18.2 Å². The Morgan fingerprint density at radius 3 is 1.57 bits per heavy atom. The molecule has 6 nitrogen and oxygen atoms in total. The van der Waals surface area contributed by atoms with Gasteiger partial charge in [-0.1, -0.05) is 62.3 Å². The number of carbonyl (C=O) groups excluding carboxylic acids is 3. The highest BCUT2D eigenvalue weighted by atomic mass is 16.2. The molecule has 3 amide bonds. The average Bonchev–Trinajstić information content (AvgIpc) is 2.73. The van der Waals surface area contributed by atoms with Crippen LogP contribution >= 0.6 is 0 Å². The summed E-state index contributed by atoms with van der Waals surface area (Å²) in [5, 5.41) is 3.11. The fourth-order valence-electron chi connectivity index (χ4n) is 4.87. The van der Waals surface area contributed by atoms with Gasteiger partial charge in [-0.05, 0) is 66.0 Å². The molecule has 0 spiro atoms. The van der Waals surface area contributed by atoms with Gasteiger partial charge in [-0.3, -0.25) is 14.4 Å². The molecule has 0 atom stereocenters.